The predicted octanol–water partition coefficient (Wildman–Crippen LogP) is 2.27. The molecule has 1 aromatic carbocycles. The summed E-state index contributed by atoms with van der Waals surface area (Å²) in [4.78, 5) is 0. The molecule has 1 saturated carbocycles. The van der Waals surface area contributed by atoms with Crippen molar-refractivity contribution in [3.05, 3.63) is 23.8 Å². The molecule has 0 heterocycles. The van der Waals surface area contributed by atoms with Crippen molar-refractivity contribution in [2.75, 3.05) is 20.3 Å². The fraction of sp³-hybridized carbons (Fsp3) is 0.600. The number of hydrogen-bond acceptors (Lipinski definition) is 4. The van der Waals surface area contributed by atoms with Crippen LogP contribution in [0.2, 0.25) is 0 Å². The van der Waals surface area contributed by atoms with Gasteiger partial charge in [-0.25, -0.2) is 0 Å². The fourth-order valence-electron chi connectivity index (χ4n) is 2.25. The van der Waals surface area contributed by atoms with Gasteiger partial charge in [0.15, 0.2) is 11.5 Å². The molecule has 0 radical (unpaired) electrons. The van der Waals surface area contributed by atoms with Gasteiger partial charge in [0.2, 0.25) is 0 Å². The molecular weight excluding hydrogens is 242 g/mol. The molecule has 0 aliphatic heterocycles. The van der Waals surface area contributed by atoms with Crippen molar-refractivity contribution in [1.29, 1.82) is 0 Å². The molecule has 1 unspecified atom stereocenters. The van der Waals surface area contributed by atoms with Crippen LogP contribution in [0.4, 0.5) is 0 Å². The Bertz CT molecular complexity index is 404. The highest BCUT2D eigenvalue weighted by Crippen LogP contribution is 2.31. The number of rotatable bonds is 7. The van der Waals surface area contributed by atoms with Gasteiger partial charge in [-0.15, -0.1) is 0 Å². The fourth-order valence-corrected chi connectivity index (χ4v) is 2.25. The lowest BCUT2D eigenvalue weighted by Gasteiger charge is -2.30. The quantitative estimate of drug-likeness (QED) is 0.794. The SMILES string of the molecule is COc1cc(C(C)NC2CCC2)ccc1OCCO. The summed E-state index contributed by atoms with van der Waals surface area (Å²) in [6.45, 7) is 2.46. The molecule has 1 aliphatic rings. The maximum absolute atomic E-state index is 8.79. The lowest BCUT2D eigenvalue weighted by atomic mass is 9.92. The summed E-state index contributed by atoms with van der Waals surface area (Å²) in [6.07, 6.45) is 3.89. The van der Waals surface area contributed by atoms with Crippen LogP contribution in [0.5, 0.6) is 11.5 Å². The molecule has 2 N–H and O–H groups in total. The molecular formula is C15H23NO3. The summed E-state index contributed by atoms with van der Waals surface area (Å²) < 4.78 is 10.8. The zero-order chi connectivity index (χ0) is 13.7. The molecule has 0 spiro atoms. The van der Waals surface area contributed by atoms with Crippen molar-refractivity contribution in [3.63, 3.8) is 0 Å². The maximum atomic E-state index is 8.79. The Morgan fingerprint density at radius 1 is 1.37 bits per heavy atom. The minimum absolute atomic E-state index is 0.00451. The molecule has 1 aromatic rings. The van der Waals surface area contributed by atoms with E-state index in [1.54, 1.807) is 7.11 Å². The summed E-state index contributed by atoms with van der Waals surface area (Å²) in [5.74, 6) is 1.39. The third-order valence-corrected chi connectivity index (χ3v) is 3.63. The molecule has 0 saturated heterocycles. The molecule has 1 fully saturated rings. The monoisotopic (exact) mass is 265 g/mol. The van der Waals surface area contributed by atoms with E-state index in [9.17, 15) is 0 Å². The largest absolute Gasteiger partial charge is 0.493 e. The van der Waals surface area contributed by atoms with E-state index in [1.165, 1.54) is 24.8 Å². The van der Waals surface area contributed by atoms with Crippen molar-refractivity contribution >= 4 is 0 Å². The van der Waals surface area contributed by atoms with Gasteiger partial charge in [-0.05, 0) is 37.5 Å². The van der Waals surface area contributed by atoms with Crippen molar-refractivity contribution in [2.24, 2.45) is 0 Å². The van der Waals surface area contributed by atoms with E-state index < -0.39 is 0 Å². The minimum Gasteiger partial charge on any atom is -0.493 e. The predicted molar refractivity (Wildman–Crippen MR) is 74.8 cm³/mol. The molecule has 0 amide bonds. The van der Waals surface area contributed by atoms with Crippen molar-refractivity contribution in [3.8, 4) is 11.5 Å². The maximum Gasteiger partial charge on any atom is 0.161 e. The first-order chi connectivity index (χ1) is 9.24. The van der Waals surface area contributed by atoms with Crippen LogP contribution < -0.4 is 14.8 Å². The van der Waals surface area contributed by atoms with Gasteiger partial charge in [-0.1, -0.05) is 12.5 Å². The van der Waals surface area contributed by atoms with Gasteiger partial charge in [0, 0.05) is 12.1 Å². The molecule has 4 nitrogen and oxygen atoms in total. The molecule has 0 aromatic heterocycles. The number of nitrogens with one attached hydrogen (secondary N) is 1. The van der Waals surface area contributed by atoms with Gasteiger partial charge in [0.25, 0.3) is 0 Å². The Labute approximate surface area is 114 Å². The second kappa shape index (κ2) is 6.78. The zero-order valence-corrected chi connectivity index (χ0v) is 11.7. The Balaban J connectivity index is 2.04. The first-order valence-electron chi connectivity index (χ1n) is 6.92. The molecule has 4 heteroatoms. The van der Waals surface area contributed by atoms with Crippen LogP contribution in [0, 0.1) is 0 Å². The molecule has 0 bridgehead atoms. The van der Waals surface area contributed by atoms with Crippen LogP contribution in [-0.2, 0) is 0 Å². The van der Waals surface area contributed by atoms with Crippen LogP contribution in [0.3, 0.4) is 0 Å². The van der Waals surface area contributed by atoms with Gasteiger partial charge >= 0.3 is 0 Å². The Morgan fingerprint density at radius 3 is 2.74 bits per heavy atom. The van der Waals surface area contributed by atoms with Crippen LogP contribution in [-0.4, -0.2) is 31.5 Å². The average molecular weight is 265 g/mol. The number of aliphatic hydroxyl groups excluding tert-OH is 1. The van der Waals surface area contributed by atoms with E-state index in [1.807, 2.05) is 18.2 Å². The normalized spacial score (nSPS) is 16.8. The third-order valence-electron chi connectivity index (χ3n) is 3.63. The van der Waals surface area contributed by atoms with E-state index >= 15 is 0 Å². The smallest absolute Gasteiger partial charge is 0.161 e. The summed E-state index contributed by atoms with van der Waals surface area (Å²) in [7, 11) is 1.63. The molecule has 106 valence electrons. The third kappa shape index (κ3) is 3.61. The number of ether oxygens (including phenoxy) is 2. The van der Waals surface area contributed by atoms with Crippen LogP contribution in [0.1, 0.15) is 37.8 Å². The standard InChI is InChI=1S/C15H23NO3/c1-11(16-13-4-3-5-13)12-6-7-14(19-9-8-17)15(10-12)18-2/h6-7,10-11,13,16-17H,3-5,8-9H2,1-2H3. The van der Waals surface area contributed by atoms with Gasteiger partial charge in [0.1, 0.15) is 6.61 Å². The topological polar surface area (TPSA) is 50.7 Å². The van der Waals surface area contributed by atoms with Crippen molar-refractivity contribution in [2.45, 2.75) is 38.3 Å². The summed E-state index contributed by atoms with van der Waals surface area (Å²) >= 11 is 0. The van der Waals surface area contributed by atoms with E-state index in [0.29, 0.717) is 23.6 Å². The van der Waals surface area contributed by atoms with Gasteiger partial charge in [-0.2, -0.15) is 0 Å². The Morgan fingerprint density at radius 2 is 2.16 bits per heavy atom. The molecule has 1 aliphatic carbocycles. The first-order valence-corrected chi connectivity index (χ1v) is 6.92. The lowest BCUT2D eigenvalue weighted by Crippen LogP contribution is -2.36. The highest BCUT2D eigenvalue weighted by Gasteiger charge is 2.20. The van der Waals surface area contributed by atoms with Crippen LogP contribution in [0.25, 0.3) is 0 Å². The highest BCUT2D eigenvalue weighted by atomic mass is 16.5. The van der Waals surface area contributed by atoms with Crippen molar-refractivity contribution in [1.82, 2.24) is 5.32 Å². The van der Waals surface area contributed by atoms with Crippen molar-refractivity contribution < 1.29 is 14.6 Å². The Kier molecular flexibility index (Phi) is 5.05. The minimum atomic E-state index is 0.00451. The first kappa shape index (κ1) is 14.2. The summed E-state index contributed by atoms with van der Waals surface area (Å²) in [5, 5.41) is 12.4. The summed E-state index contributed by atoms with van der Waals surface area (Å²) in [5.41, 5.74) is 1.19. The van der Waals surface area contributed by atoms with E-state index in [0.717, 1.165) is 0 Å². The molecule has 1 atom stereocenters. The second-order valence-corrected chi connectivity index (χ2v) is 5.00. The van der Waals surface area contributed by atoms with E-state index in [2.05, 4.69) is 12.2 Å². The van der Waals surface area contributed by atoms with Crippen LogP contribution in [0.15, 0.2) is 18.2 Å². The van der Waals surface area contributed by atoms with E-state index in [4.69, 9.17) is 14.6 Å². The van der Waals surface area contributed by atoms with Gasteiger partial charge in [-0.3, -0.25) is 0 Å². The highest BCUT2D eigenvalue weighted by molar-refractivity contribution is 5.43. The average Bonchev–Trinajstić information content (AvgIpc) is 2.40. The Hall–Kier alpha value is -1.26. The van der Waals surface area contributed by atoms with Crippen LogP contribution >= 0.6 is 0 Å². The van der Waals surface area contributed by atoms with Gasteiger partial charge in [0.05, 0.1) is 13.7 Å². The number of hydrogen-bond donors (Lipinski definition) is 2. The zero-order valence-electron chi connectivity index (χ0n) is 11.7. The lowest BCUT2D eigenvalue weighted by molar-refractivity contribution is 0.196. The molecule has 19 heavy (non-hydrogen) atoms. The van der Waals surface area contributed by atoms with E-state index in [-0.39, 0.29) is 13.2 Å². The second-order valence-electron chi connectivity index (χ2n) is 5.00. The summed E-state index contributed by atoms with van der Waals surface area (Å²) in [6, 6.07) is 6.93. The number of aliphatic hydroxyl groups is 1. The number of methoxy groups -OCH3 is 1. The van der Waals surface area contributed by atoms with Gasteiger partial charge < -0.3 is 19.9 Å². The number of benzene rings is 1. The molecule has 2 rings (SSSR count).